The second-order valence-electron chi connectivity index (χ2n) is 11.5. The monoisotopic (exact) mass is 697 g/mol. The van der Waals surface area contributed by atoms with Crippen LogP contribution in [0.2, 0.25) is 5.02 Å². The van der Waals surface area contributed by atoms with Gasteiger partial charge in [-0.3, -0.25) is 10.4 Å². The molecule has 0 spiro atoms. The van der Waals surface area contributed by atoms with Gasteiger partial charge in [0.1, 0.15) is 23.2 Å². The number of likely N-dealkylation sites (N-methyl/N-ethyl adjacent to an activating group) is 1. The lowest BCUT2D eigenvalue weighted by atomic mass is 9.91. The highest BCUT2D eigenvalue weighted by atomic mass is 35.5. The average Bonchev–Trinajstić information content (AvgIpc) is 3.64. The summed E-state index contributed by atoms with van der Waals surface area (Å²) in [5.41, 5.74) is 6.03. The number of nitrogen functional groups attached to an aromatic ring is 1. The SMILES string of the molecule is CN1CCN=C1c1cc(OC2(C(=O)O)c3ccccc3-c3ccc(Cl)cc32)ccc1Oc1c(F)cnc(Oc2cc(C(=N)N)ccc2O)c1F. The molecular weight excluding hydrogens is 672 g/mol. The molecule has 0 saturated heterocycles. The van der Waals surface area contributed by atoms with Crippen LogP contribution in [0.4, 0.5) is 8.78 Å². The largest absolute Gasteiger partial charge is 0.504 e. The Balaban J connectivity index is 1.30. The summed E-state index contributed by atoms with van der Waals surface area (Å²) in [4.78, 5) is 23.2. The maximum absolute atomic E-state index is 15.8. The average molecular weight is 698 g/mol. The molecule has 1 aliphatic carbocycles. The zero-order chi connectivity index (χ0) is 35.3. The van der Waals surface area contributed by atoms with Crippen molar-refractivity contribution in [2.75, 3.05) is 20.1 Å². The number of rotatable bonds is 9. The second-order valence-corrected chi connectivity index (χ2v) is 11.9. The Morgan fingerprint density at radius 2 is 1.76 bits per heavy atom. The number of aliphatic carboxylic acids is 1. The van der Waals surface area contributed by atoms with Gasteiger partial charge in [0.25, 0.3) is 11.5 Å². The van der Waals surface area contributed by atoms with Crippen LogP contribution in [0.5, 0.6) is 34.6 Å². The highest BCUT2D eigenvalue weighted by Gasteiger charge is 2.52. The van der Waals surface area contributed by atoms with Gasteiger partial charge in [0.05, 0.1) is 18.3 Å². The molecule has 1 aromatic heterocycles. The number of hydrogen-bond acceptors (Lipinski definition) is 9. The number of pyridine rings is 1. The number of benzene rings is 4. The van der Waals surface area contributed by atoms with E-state index >= 15 is 8.78 Å². The Morgan fingerprint density at radius 1 is 0.980 bits per heavy atom. The number of aromatic hydroxyl groups is 1. The fourth-order valence-corrected chi connectivity index (χ4v) is 6.18. The van der Waals surface area contributed by atoms with E-state index in [0.29, 0.717) is 52.4 Å². The highest BCUT2D eigenvalue weighted by Crippen LogP contribution is 2.51. The van der Waals surface area contributed by atoms with Gasteiger partial charge < -0.3 is 35.1 Å². The minimum Gasteiger partial charge on any atom is -0.504 e. The van der Waals surface area contributed by atoms with Crippen molar-refractivity contribution in [1.29, 1.82) is 5.41 Å². The first-order chi connectivity index (χ1) is 24.0. The number of carboxylic acids is 1. The molecule has 4 aromatic carbocycles. The summed E-state index contributed by atoms with van der Waals surface area (Å²) in [7, 11) is 1.77. The number of carbonyl (C=O) groups is 1. The summed E-state index contributed by atoms with van der Waals surface area (Å²) in [6.07, 6.45) is 0.687. The smallest absolute Gasteiger partial charge is 0.357 e. The lowest BCUT2D eigenvalue weighted by Crippen LogP contribution is -2.41. The quantitative estimate of drug-likeness (QED) is 0.0973. The molecule has 50 heavy (non-hydrogen) atoms. The lowest BCUT2D eigenvalue weighted by molar-refractivity contribution is -0.152. The van der Waals surface area contributed by atoms with Crippen molar-refractivity contribution in [1.82, 2.24) is 9.88 Å². The normalized spacial score (nSPS) is 16.0. The number of aromatic nitrogens is 1. The van der Waals surface area contributed by atoms with Crippen LogP contribution in [-0.4, -0.2) is 57.9 Å². The van der Waals surface area contributed by atoms with E-state index in [-0.39, 0.29) is 34.2 Å². The fourth-order valence-electron chi connectivity index (χ4n) is 6.01. The van der Waals surface area contributed by atoms with Crippen molar-refractivity contribution in [2.24, 2.45) is 10.7 Å². The molecule has 0 bridgehead atoms. The molecule has 14 heteroatoms. The number of aliphatic imine (C=N–C) groups is 1. The standard InChI is InChI=1S/C36H26ClF2N5O6/c1-44-13-12-42-33(44)23-16-20(50-36(35(46)47)24-5-3-2-4-21(24)22-9-7-19(37)15-25(22)36)8-11-28(23)48-31-26(38)17-43-34(30(31)39)49-29-14-18(32(40)41)6-10-27(29)45/h2-11,14-17,45H,12-13H2,1H3,(H3,40,41)(H,46,47). The van der Waals surface area contributed by atoms with Gasteiger partial charge in [0.15, 0.2) is 17.3 Å². The van der Waals surface area contributed by atoms with Gasteiger partial charge in [-0.2, -0.15) is 4.39 Å². The maximum Gasteiger partial charge on any atom is 0.357 e. The Bertz CT molecular complexity index is 2270. The van der Waals surface area contributed by atoms with Crippen LogP contribution in [0.15, 0.2) is 90.1 Å². The number of nitrogens with zero attached hydrogens (tertiary/aromatic N) is 3. The van der Waals surface area contributed by atoms with Crippen molar-refractivity contribution in [2.45, 2.75) is 5.60 Å². The number of phenols is 1. The van der Waals surface area contributed by atoms with Gasteiger partial charge in [-0.1, -0.05) is 41.9 Å². The molecule has 1 atom stereocenters. The molecule has 0 amide bonds. The van der Waals surface area contributed by atoms with Crippen molar-refractivity contribution in [3.8, 4) is 45.8 Å². The minimum absolute atomic E-state index is 0.0409. The number of fused-ring (bicyclic) bond motifs is 3. The molecule has 1 aliphatic heterocycles. The van der Waals surface area contributed by atoms with E-state index in [4.69, 9.17) is 37.0 Å². The van der Waals surface area contributed by atoms with Crippen LogP contribution in [0.1, 0.15) is 22.3 Å². The molecule has 2 aliphatic rings. The first-order valence-corrected chi connectivity index (χ1v) is 15.4. The van der Waals surface area contributed by atoms with E-state index in [9.17, 15) is 15.0 Å². The topological polar surface area (TPSA) is 164 Å². The number of nitrogens with two attached hydrogens (primary N) is 1. The fraction of sp³-hybridized carbons (Fsp3) is 0.111. The van der Waals surface area contributed by atoms with Crippen LogP contribution in [-0.2, 0) is 10.4 Å². The van der Waals surface area contributed by atoms with E-state index in [0.717, 1.165) is 0 Å². The molecule has 252 valence electrons. The number of halogens is 3. The molecule has 1 unspecified atom stereocenters. The number of hydrogen-bond donors (Lipinski definition) is 4. The predicted molar refractivity (Wildman–Crippen MR) is 180 cm³/mol. The third kappa shape index (κ3) is 5.37. The van der Waals surface area contributed by atoms with Crippen LogP contribution in [0, 0.1) is 17.0 Å². The first kappa shape index (κ1) is 32.3. The zero-order valence-electron chi connectivity index (χ0n) is 26.1. The van der Waals surface area contributed by atoms with Gasteiger partial charge in [-0.05, 0) is 59.7 Å². The van der Waals surface area contributed by atoms with Crippen LogP contribution >= 0.6 is 11.6 Å². The number of amidine groups is 2. The molecule has 2 heterocycles. The Kier molecular flexibility index (Phi) is 7.99. The Labute approximate surface area is 288 Å². The van der Waals surface area contributed by atoms with Gasteiger partial charge in [-0.15, -0.1) is 0 Å². The van der Waals surface area contributed by atoms with Crippen molar-refractivity contribution in [3.63, 3.8) is 0 Å². The number of phenolic OH excluding ortho intramolecular Hbond substituents is 1. The summed E-state index contributed by atoms with van der Waals surface area (Å²) in [5.74, 6) is -5.92. The van der Waals surface area contributed by atoms with Gasteiger partial charge in [0.2, 0.25) is 11.6 Å². The van der Waals surface area contributed by atoms with E-state index in [1.165, 1.54) is 36.4 Å². The zero-order valence-corrected chi connectivity index (χ0v) is 26.8. The van der Waals surface area contributed by atoms with Crippen molar-refractivity contribution >= 4 is 29.2 Å². The minimum atomic E-state index is -1.99. The molecule has 5 aromatic rings. The molecule has 5 N–H and O–H groups in total. The second kappa shape index (κ2) is 12.3. The highest BCUT2D eigenvalue weighted by molar-refractivity contribution is 6.30. The molecule has 0 radical (unpaired) electrons. The van der Waals surface area contributed by atoms with E-state index in [2.05, 4.69) is 9.98 Å². The molecule has 11 nitrogen and oxygen atoms in total. The molecule has 7 rings (SSSR count). The van der Waals surface area contributed by atoms with E-state index in [1.54, 1.807) is 54.4 Å². The van der Waals surface area contributed by atoms with E-state index in [1.807, 2.05) is 0 Å². The van der Waals surface area contributed by atoms with Crippen LogP contribution < -0.4 is 19.9 Å². The summed E-state index contributed by atoms with van der Waals surface area (Å²) >= 11 is 6.35. The number of nitrogens with one attached hydrogen (secondary N) is 1. The molecule has 0 fully saturated rings. The summed E-state index contributed by atoms with van der Waals surface area (Å²) < 4.78 is 48.7. The predicted octanol–water partition coefficient (Wildman–Crippen LogP) is 6.67. The number of carboxylic acid groups (broad SMARTS) is 1. The third-order valence-corrected chi connectivity index (χ3v) is 8.60. The van der Waals surface area contributed by atoms with Crippen LogP contribution in [0.25, 0.3) is 11.1 Å². The Morgan fingerprint density at radius 3 is 2.50 bits per heavy atom. The van der Waals surface area contributed by atoms with Crippen LogP contribution in [0.3, 0.4) is 0 Å². The number of ether oxygens (including phenoxy) is 3. The maximum atomic E-state index is 15.8. The summed E-state index contributed by atoms with van der Waals surface area (Å²) in [5, 5.41) is 29.0. The first-order valence-electron chi connectivity index (χ1n) is 15.1. The third-order valence-electron chi connectivity index (χ3n) is 8.37. The van der Waals surface area contributed by atoms with Crippen molar-refractivity contribution < 1.29 is 38.0 Å². The Hall–Kier alpha value is -6.21. The summed E-state index contributed by atoms with van der Waals surface area (Å²) in [6.45, 7) is 0.963. The molecule has 0 saturated carbocycles. The van der Waals surface area contributed by atoms with Gasteiger partial charge in [0, 0.05) is 35.3 Å². The van der Waals surface area contributed by atoms with Gasteiger partial charge in [-0.25, -0.2) is 14.2 Å². The molecular formula is C36H26ClF2N5O6. The summed E-state index contributed by atoms with van der Waals surface area (Å²) in [6, 6.07) is 20.0. The lowest BCUT2D eigenvalue weighted by Gasteiger charge is -2.29. The van der Waals surface area contributed by atoms with Crippen molar-refractivity contribution in [3.05, 3.63) is 124 Å². The van der Waals surface area contributed by atoms with E-state index < -0.39 is 40.6 Å². The van der Waals surface area contributed by atoms with Gasteiger partial charge >= 0.3 is 5.97 Å².